The molecule has 0 aliphatic heterocycles. The molecule has 0 aliphatic carbocycles. The number of hydrogen-bond donors (Lipinski definition) is 2. The molecule has 1 aromatic heterocycles. The molecule has 2 aromatic carbocycles. The summed E-state index contributed by atoms with van der Waals surface area (Å²) >= 11 is 9.45. The van der Waals surface area contributed by atoms with Crippen LogP contribution >= 0.6 is 27.5 Å². The van der Waals surface area contributed by atoms with E-state index in [9.17, 15) is 14.9 Å². The molecule has 144 valence electrons. The molecule has 0 radical (unpaired) electrons. The second-order valence-corrected chi connectivity index (χ2v) is 7.16. The molecule has 0 unspecified atom stereocenters. The molecule has 0 aliphatic rings. The van der Waals surface area contributed by atoms with Gasteiger partial charge in [0.25, 0.3) is 5.91 Å². The molecule has 3 rings (SSSR count). The highest BCUT2D eigenvalue weighted by Gasteiger charge is 2.14. The minimum Gasteiger partial charge on any atom is -0.478 e. The molecule has 0 saturated heterocycles. The van der Waals surface area contributed by atoms with Gasteiger partial charge in [-0.3, -0.25) is 4.79 Å². The lowest BCUT2D eigenvalue weighted by molar-refractivity contribution is -0.112. The van der Waals surface area contributed by atoms with E-state index in [1.807, 2.05) is 12.1 Å². The maximum absolute atomic E-state index is 12.4. The first-order valence-corrected chi connectivity index (χ1v) is 9.36. The van der Waals surface area contributed by atoms with Crippen LogP contribution in [0.5, 0.6) is 0 Å². The van der Waals surface area contributed by atoms with Gasteiger partial charge in [-0.2, -0.15) is 5.26 Å². The fourth-order valence-corrected chi connectivity index (χ4v) is 3.09. The largest absolute Gasteiger partial charge is 0.478 e. The molecule has 1 amide bonds. The van der Waals surface area contributed by atoms with E-state index < -0.39 is 11.9 Å². The average molecular weight is 472 g/mol. The minimum atomic E-state index is -1.09. The van der Waals surface area contributed by atoms with Crippen LogP contribution in [0, 0.1) is 11.3 Å². The molecular formula is C21H12BrClN2O4. The van der Waals surface area contributed by atoms with E-state index in [0.717, 1.165) is 4.47 Å². The second-order valence-electron chi connectivity index (χ2n) is 5.84. The highest BCUT2D eigenvalue weighted by Crippen LogP contribution is 2.31. The normalized spacial score (nSPS) is 11.0. The number of carbonyl (C=O) groups excluding carboxylic acids is 1. The van der Waals surface area contributed by atoms with Crippen molar-refractivity contribution in [3.05, 3.63) is 81.0 Å². The van der Waals surface area contributed by atoms with E-state index >= 15 is 0 Å². The first-order chi connectivity index (χ1) is 13.9. The number of carbonyl (C=O) groups is 2. The molecule has 29 heavy (non-hydrogen) atoms. The van der Waals surface area contributed by atoms with Gasteiger partial charge >= 0.3 is 5.97 Å². The van der Waals surface area contributed by atoms with Crippen molar-refractivity contribution in [1.29, 1.82) is 5.26 Å². The first kappa shape index (κ1) is 20.4. The molecule has 0 spiro atoms. The van der Waals surface area contributed by atoms with Crippen LogP contribution < -0.4 is 5.32 Å². The number of benzene rings is 2. The number of nitrogens with one attached hydrogen (secondary N) is 1. The van der Waals surface area contributed by atoms with Crippen LogP contribution in [-0.4, -0.2) is 17.0 Å². The van der Waals surface area contributed by atoms with Gasteiger partial charge in [-0.25, -0.2) is 4.79 Å². The van der Waals surface area contributed by atoms with Crippen LogP contribution in [0.1, 0.15) is 16.1 Å². The van der Waals surface area contributed by atoms with E-state index in [2.05, 4.69) is 21.2 Å². The van der Waals surface area contributed by atoms with Gasteiger partial charge in [-0.05, 0) is 48.5 Å². The monoisotopic (exact) mass is 470 g/mol. The van der Waals surface area contributed by atoms with Gasteiger partial charge in [0.15, 0.2) is 0 Å². The molecule has 6 nitrogen and oxygen atoms in total. The van der Waals surface area contributed by atoms with Gasteiger partial charge in [-0.1, -0.05) is 33.6 Å². The lowest BCUT2D eigenvalue weighted by Crippen LogP contribution is -2.13. The Morgan fingerprint density at radius 1 is 1.17 bits per heavy atom. The zero-order valence-corrected chi connectivity index (χ0v) is 17.0. The Morgan fingerprint density at radius 2 is 1.97 bits per heavy atom. The van der Waals surface area contributed by atoms with Gasteiger partial charge in [0, 0.05) is 21.8 Å². The van der Waals surface area contributed by atoms with E-state index in [-0.39, 0.29) is 16.9 Å². The zero-order valence-electron chi connectivity index (χ0n) is 14.6. The number of amides is 1. The Balaban J connectivity index is 1.86. The quantitative estimate of drug-likeness (QED) is 0.372. The number of anilines is 1. The third-order valence-corrected chi connectivity index (χ3v) is 4.66. The fourth-order valence-electron chi connectivity index (χ4n) is 2.48. The van der Waals surface area contributed by atoms with Crippen molar-refractivity contribution in [3.8, 4) is 17.4 Å². The number of carboxylic acid groups (broad SMARTS) is 1. The number of furan rings is 1. The molecule has 8 heteroatoms. The Labute approximate surface area is 179 Å². The van der Waals surface area contributed by atoms with Crippen molar-refractivity contribution >= 4 is 51.2 Å². The summed E-state index contributed by atoms with van der Waals surface area (Å²) in [5.74, 6) is -1.12. The van der Waals surface area contributed by atoms with Crippen LogP contribution in [0.4, 0.5) is 5.69 Å². The number of nitriles is 1. The lowest BCUT2D eigenvalue weighted by atomic mass is 10.1. The summed E-state index contributed by atoms with van der Waals surface area (Å²) < 4.78 is 6.43. The number of halogens is 2. The van der Waals surface area contributed by atoms with Crippen molar-refractivity contribution in [3.63, 3.8) is 0 Å². The van der Waals surface area contributed by atoms with E-state index in [1.165, 1.54) is 24.3 Å². The topological polar surface area (TPSA) is 103 Å². The van der Waals surface area contributed by atoms with Crippen molar-refractivity contribution in [2.75, 3.05) is 5.32 Å². The number of hydrogen-bond acceptors (Lipinski definition) is 4. The highest BCUT2D eigenvalue weighted by atomic mass is 79.9. The van der Waals surface area contributed by atoms with Crippen molar-refractivity contribution in [1.82, 2.24) is 0 Å². The summed E-state index contributed by atoms with van der Waals surface area (Å²) in [5, 5.41) is 21.4. The standard InChI is InChI=1S/C21H12BrClN2O4/c22-14-2-1-3-15(10-14)25-20(26)13(11-24)8-16-5-7-19(29-16)17-9-12(21(27)28)4-6-18(17)23/h1-10H,(H,25,26)(H,27,28). The maximum atomic E-state index is 12.4. The summed E-state index contributed by atoms with van der Waals surface area (Å²) in [4.78, 5) is 23.5. The lowest BCUT2D eigenvalue weighted by Gasteiger charge is -2.04. The maximum Gasteiger partial charge on any atom is 0.335 e. The van der Waals surface area contributed by atoms with Crippen LogP contribution in [0.2, 0.25) is 5.02 Å². The molecule has 2 N–H and O–H groups in total. The SMILES string of the molecule is N#CC(=Cc1ccc(-c2cc(C(=O)O)ccc2Cl)o1)C(=O)Nc1cccc(Br)c1. The molecule has 3 aromatic rings. The third-order valence-electron chi connectivity index (χ3n) is 3.84. The predicted molar refractivity (Wildman–Crippen MR) is 112 cm³/mol. The Kier molecular flexibility index (Phi) is 6.17. The number of aromatic carboxylic acids is 1. The van der Waals surface area contributed by atoms with Crippen molar-refractivity contribution in [2.45, 2.75) is 0 Å². The van der Waals surface area contributed by atoms with Gasteiger partial charge in [0.05, 0.1) is 10.6 Å². The van der Waals surface area contributed by atoms with Crippen LogP contribution in [0.25, 0.3) is 17.4 Å². The van der Waals surface area contributed by atoms with E-state index in [0.29, 0.717) is 22.0 Å². The molecule has 0 fully saturated rings. The summed E-state index contributed by atoms with van der Waals surface area (Å²) in [6, 6.07) is 16.2. The van der Waals surface area contributed by atoms with Crippen LogP contribution in [-0.2, 0) is 4.79 Å². The Morgan fingerprint density at radius 3 is 2.66 bits per heavy atom. The number of rotatable bonds is 5. The van der Waals surface area contributed by atoms with E-state index in [1.54, 1.807) is 30.3 Å². The van der Waals surface area contributed by atoms with Crippen LogP contribution in [0.15, 0.2) is 69.1 Å². The smallest absolute Gasteiger partial charge is 0.335 e. The zero-order chi connectivity index (χ0) is 21.0. The number of carboxylic acids is 1. The molecule has 0 atom stereocenters. The molecular weight excluding hydrogens is 460 g/mol. The first-order valence-electron chi connectivity index (χ1n) is 8.19. The fraction of sp³-hybridized carbons (Fsp3) is 0. The van der Waals surface area contributed by atoms with Crippen molar-refractivity contribution < 1.29 is 19.1 Å². The van der Waals surface area contributed by atoms with Crippen molar-refractivity contribution in [2.24, 2.45) is 0 Å². The predicted octanol–water partition coefficient (Wildman–Crippen LogP) is 5.61. The van der Waals surface area contributed by atoms with Crippen LogP contribution in [0.3, 0.4) is 0 Å². The second kappa shape index (κ2) is 8.78. The Hall–Kier alpha value is -3.34. The molecule has 0 saturated carbocycles. The average Bonchev–Trinajstić information content (AvgIpc) is 3.14. The summed E-state index contributed by atoms with van der Waals surface area (Å²) in [6.45, 7) is 0. The van der Waals surface area contributed by atoms with E-state index in [4.69, 9.17) is 21.1 Å². The summed E-state index contributed by atoms with van der Waals surface area (Å²) in [7, 11) is 0. The third kappa shape index (κ3) is 4.93. The minimum absolute atomic E-state index is 0.0593. The van der Waals surface area contributed by atoms with Gasteiger partial charge < -0.3 is 14.8 Å². The summed E-state index contributed by atoms with van der Waals surface area (Å²) in [6.07, 6.45) is 1.30. The molecule has 1 heterocycles. The highest BCUT2D eigenvalue weighted by molar-refractivity contribution is 9.10. The number of nitrogens with zero attached hydrogens (tertiary/aromatic N) is 1. The Bertz CT molecular complexity index is 1180. The summed E-state index contributed by atoms with van der Waals surface area (Å²) in [5.41, 5.74) is 0.825. The molecule has 0 bridgehead atoms. The van der Waals surface area contributed by atoms with Gasteiger partial charge in [-0.15, -0.1) is 0 Å². The van der Waals surface area contributed by atoms with Gasteiger partial charge in [0.1, 0.15) is 23.2 Å². The van der Waals surface area contributed by atoms with Gasteiger partial charge in [0.2, 0.25) is 0 Å².